The summed E-state index contributed by atoms with van der Waals surface area (Å²) >= 11 is 3.28. The Morgan fingerprint density at radius 1 is 1.62 bits per heavy atom. The molecule has 0 saturated heterocycles. The van der Waals surface area contributed by atoms with Crippen molar-refractivity contribution in [3.05, 3.63) is 10.6 Å². The van der Waals surface area contributed by atoms with Crippen LogP contribution in [0.4, 0.5) is 0 Å². The van der Waals surface area contributed by atoms with Crippen LogP contribution in [0.15, 0.2) is 10.6 Å². The van der Waals surface area contributed by atoms with Gasteiger partial charge in [-0.1, -0.05) is 34.8 Å². The molecule has 8 heavy (non-hydrogen) atoms. The molecule has 0 aliphatic heterocycles. The van der Waals surface area contributed by atoms with E-state index in [0.717, 1.165) is 0 Å². The highest BCUT2D eigenvalue weighted by Gasteiger charge is 1.84. The van der Waals surface area contributed by atoms with Crippen molar-refractivity contribution in [2.24, 2.45) is 0 Å². The van der Waals surface area contributed by atoms with E-state index in [9.17, 15) is 0 Å². The third-order valence-electron chi connectivity index (χ3n) is 1.11. The standard InChI is InChI=1S/C7H13Br/c1-3-4-5-7(2)6-8/h6H,3-5H2,1-2H3/b7-6+. The molecule has 0 aromatic rings. The Balaban J connectivity index is 3.12. The Morgan fingerprint density at radius 2 is 2.25 bits per heavy atom. The fourth-order valence-electron chi connectivity index (χ4n) is 0.510. The molecule has 0 bridgehead atoms. The highest BCUT2D eigenvalue weighted by Crippen LogP contribution is 2.07. The monoisotopic (exact) mass is 176 g/mol. The zero-order valence-electron chi connectivity index (χ0n) is 5.58. The third-order valence-corrected chi connectivity index (χ3v) is 1.89. The lowest BCUT2D eigenvalue weighted by molar-refractivity contribution is 0.789. The molecule has 0 unspecified atom stereocenters. The van der Waals surface area contributed by atoms with Crippen molar-refractivity contribution >= 4 is 15.9 Å². The molecule has 0 fully saturated rings. The SMILES string of the molecule is CCCC/C(C)=C/Br. The van der Waals surface area contributed by atoms with Crippen LogP contribution in [0.25, 0.3) is 0 Å². The average molecular weight is 177 g/mol. The maximum atomic E-state index is 3.28. The maximum absolute atomic E-state index is 3.28. The van der Waals surface area contributed by atoms with Gasteiger partial charge in [0.1, 0.15) is 0 Å². The Hall–Kier alpha value is 0.220. The molecule has 0 atom stereocenters. The van der Waals surface area contributed by atoms with Gasteiger partial charge < -0.3 is 0 Å². The van der Waals surface area contributed by atoms with Gasteiger partial charge in [0.2, 0.25) is 0 Å². The molecular formula is C7H13Br. The average Bonchev–Trinajstić information content (AvgIpc) is 1.83. The van der Waals surface area contributed by atoms with Crippen LogP contribution in [0.3, 0.4) is 0 Å². The van der Waals surface area contributed by atoms with Crippen LogP contribution in [0, 0.1) is 0 Å². The lowest BCUT2D eigenvalue weighted by Gasteiger charge is -1.93. The van der Waals surface area contributed by atoms with E-state index < -0.39 is 0 Å². The summed E-state index contributed by atoms with van der Waals surface area (Å²) in [6.07, 6.45) is 3.84. The molecule has 0 amide bonds. The Kier molecular flexibility index (Phi) is 5.51. The van der Waals surface area contributed by atoms with Gasteiger partial charge in [0.15, 0.2) is 0 Å². The van der Waals surface area contributed by atoms with Gasteiger partial charge in [-0.25, -0.2) is 0 Å². The van der Waals surface area contributed by atoms with Crippen LogP contribution in [0.5, 0.6) is 0 Å². The van der Waals surface area contributed by atoms with Gasteiger partial charge in [0.25, 0.3) is 0 Å². The molecule has 0 aromatic carbocycles. The van der Waals surface area contributed by atoms with Crippen molar-refractivity contribution in [1.29, 1.82) is 0 Å². The first-order chi connectivity index (χ1) is 3.81. The molecule has 0 spiro atoms. The van der Waals surface area contributed by atoms with E-state index in [-0.39, 0.29) is 0 Å². The molecule has 0 aromatic heterocycles. The Bertz CT molecular complexity index is 74.5. The Labute approximate surface area is 60.1 Å². The predicted octanol–water partition coefficient (Wildman–Crippen LogP) is 3.48. The van der Waals surface area contributed by atoms with Crippen LogP contribution in [0.2, 0.25) is 0 Å². The summed E-state index contributed by atoms with van der Waals surface area (Å²) in [4.78, 5) is 2.00. The number of unbranched alkanes of at least 4 members (excludes halogenated alkanes) is 1. The minimum Gasteiger partial charge on any atom is -0.0664 e. The second kappa shape index (κ2) is 5.36. The van der Waals surface area contributed by atoms with E-state index in [4.69, 9.17) is 0 Å². The van der Waals surface area contributed by atoms with Crippen molar-refractivity contribution in [3.8, 4) is 0 Å². The summed E-state index contributed by atoms with van der Waals surface area (Å²) in [5, 5.41) is 0. The van der Waals surface area contributed by atoms with E-state index in [0.29, 0.717) is 0 Å². The minimum atomic E-state index is 1.24. The van der Waals surface area contributed by atoms with Crippen LogP contribution in [0.1, 0.15) is 33.1 Å². The van der Waals surface area contributed by atoms with E-state index in [1.54, 1.807) is 0 Å². The molecule has 1 heteroatoms. The van der Waals surface area contributed by atoms with Crippen LogP contribution < -0.4 is 0 Å². The molecule has 0 rings (SSSR count). The highest BCUT2D eigenvalue weighted by molar-refractivity contribution is 9.11. The quantitative estimate of drug-likeness (QED) is 0.619. The van der Waals surface area contributed by atoms with E-state index >= 15 is 0 Å². The molecule has 0 heterocycles. The maximum Gasteiger partial charge on any atom is -0.0200 e. The summed E-state index contributed by atoms with van der Waals surface area (Å²) in [5.41, 5.74) is 1.44. The van der Waals surface area contributed by atoms with Gasteiger partial charge in [0, 0.05) is 0 Å². The van der Waals surface area contributed by atoms with Crippen molar-refractivity contribution in [3.63, 3.8) is 0 Å². The third kappa shape index (κ3) is 4.38. The molecule has 0 aliphatic rings. The largest absolute Gasteiger partial charge is 0.0664 e. The van der Waals surface area contributed by atoms with Crippen molar-refractivity contribution < 1.29 is 0 Å². The van der Waals surface area contributed by atoms with Gasteiger partial charge in [0.05, 0.1) is 0 Å². The van der Waals surface area contributed by atoms with Gasteiger partial charge in [-0.3, -0.25) is 0 Å². The summed E-state index contributed by atoms with van der Waals surface area (Å²) in [6.45, 7) is 4.35. The summed E-state index contributed by atoms with van der Waals surface area (Å²) in [6, 6.07) is 0. The van der Waals surface area contributed by atoms with Crippen LogP contribution in [-0.2, 0) is 0 Å². The molecule has 0 nitrogen and oxygen atoms in total. The van der Waals surface area contributed by atoms with Gasteiger partial charge in [-0.05, 0) is 24.8 Å². The number of hydrogen-bond donors (Lipinski definition) is 0. The summed E-state index contributed by atoms with van der Waals surface area (Å²) in [7, 11) is 0. The smallest absolute Gasteiger partial charge is 0.0200 e. The first kappa shape index (κ1) is 8.22. The fourth-order valence-corrected chi connectivity index (χ4v) is 0.739. The Morgan fingerprint density at radius 3 is 2.62 bits per heavy atom. The molecule has 0 aliphatic carbocycles. The zero-order chi connectivity index (χ0) is 6.41. The molecule has 0 saturated carbocycles. The van der Waals surface area contributed by atoms with Gasteiger partial charge in [-0.2, -0.15) is 0 Å². The molecule has 48 valence electrons. The molecule has 0 N–H and O–H groups in total. The first-order valence-electron chi connectivity index (χ1n) is 3.07. The number of halogens is 1. The van der Waals surface area contributed by atoms with Crippen molar-refractivity contribution in [2.45, 2.75) is 33.1 Å². The van der Waals surface area contributed by atoms with Crippen molar-refractivity contribution in [1.82, 2.24) is 0 Å². The van der Waals surface area contributed by atoms with E-state index in [2.05, 4.69) is 29.8 Å². The topological polar surface area (TPSA) is 0 Å². The molecular weight excluding hydrogens is 164 g/mol. The second-order valence-corrected chi connectivity index (χ2v) is 2.52. The predicted molar refractivity (Wildman–Crippen MR) is 42.2 cm³/mol. The van der Waals surface area contributed by atoms with Crippen molar-refractivity contribution in [2.75, 3.05) is 0 Å². The van der Waals surface area contributed by atoms with Gasteiger partial charge >= 0.3 is 0 Å². The highest BCUT2D eigenvalue weighted by atomic mass is 79.9. The second-order valence-electron chi connectivity index (χ2n) is 2.06. The lowest BCUT2D eigenvalue weighted by Crippen LogP contribution is -1.73. The normalized spacial score (nSPS) is 12.1. The van der Waals surface area contributed by atoms with E-state index in [1.165, 1.54) is 24.8 Å². The summed E-state index contributed by atoms with van der Waals surface area (Å²) < 4.78 is 0. The number of hydrogen-bond acceptors (Lipinski definition) is 0. The minimum absolute atomic E-state index is 1.24. The van der Waals surface area contributed by atoms with Gasteiger partial charge in [-0.15, -0.1) is 0 Å². The van der Waals surface area contributed by atoms with Crippen LogP contribution in [-0.4, -0.2) is 0 Å². The first-order valence-corrected chi connectivity index (χ1v) is 3.98. The zero-order valence-corrected chi connectivity index (χ0v) is 7.16. The number of rotatable bonds is 3. The van der Waals surface area contributed by atoms with E-state index in [1.807, 2.05) is 4.99 Å². The number of allylic oxidation sites excluding steroid dienone is 1. The summed E-state index contributed by atoms with van der Waals surface area (Å²) in [5.74, 6) is 0. The molecule has 0 radical (unpaired) electrons. The fraction of sp³-hybridized carbons (Fsp3) is 0.714. The van der Waals surface area contributed by atoms with Crippen LogP contribution >= 0.6 is 15.9 Å². The lowest BCUT2D eigenvalue weighted by atomic mass is 10.2.